The summed E-state index contributed by atoms with van der Waals surface area (Å²) >= 11 is 0. The molecule has 0 radical (unpaired) electrons. The molecule has 2 unspecified atom stereocenters. The Hall–Kier alpha value is -1.06. The Morgan fingerprint density at radius 3 is 0.822 bits per heavy atom. The van der Waals surface area contributed by atoms with Crippen molar-refractivity contribution in [3.05, 3.63) is 0 Å². The van der Waals surface area contributed by atoms with Gasteiger partial charge in [0.1, 0.15) is 12.2 Å². The number of hydrogen-bond donors (Lipinski definition) is 0. The number of rotatable bonds is 36. The lowest BCUT2D eigenvalue weighted by molar-refractivity contribution is -0.169. The SMILES string of the molecule is CCCCCCCCCCCCCC(=O)OC(CCCCCC)C(CCCCCC)OC(=O)CCCCCCCCCCCC. The minimum Gasteiger partial charge on any atom is -0.458 e. The monoisotopic (exact) mass is 637 g/mol. The number of carbonyl (C=O) groups excluding carboxylic acids is 2. The van der Waals surface area contributed by atoms with Gasteiger partial charge in [-0.15, -0.1) is 0 Å². The second-order valence-corrected chi connectivity index (χ2v) is 14.0. The van der Waals surface area contributed by atoms with E-state index in [0.29, 0.717) is 12.8 Å². The standard InChI is InChI=1S/C41H80O4/c1-5-9-13-17-19-21-23-25-27-29-33-37-41(43)45-39(35-31-16-12-8-4)38(34-30-15-11-7-3)44-40(42)36-32-28-26-24-22-20-18-14-10-6-2/h38-39H,5-37H2,1-4H3. The summed E-state index contributed by atoms with van der Waals surface area (Å²) in [5, 5.41) is 0. The predicted molar refractivity (Wildman–Crippen MR) is 195 cm³/mol. The minimum absolute atomic E-state index is 0.101. The van der Waals surface area contributed by atoms with Gasteiger partial charge in [-0.25, -0.2) is 0 Å². The molecule has 0 aromatic carbocycles. The normalized spacial score (nSPS) is 12.7. The van der Waals surface area contributed by atoms with Gasteiger partial charge in [0.15, 0.2) is 0 Å². The van der Waals surface area contributed by atoms with Crippen LogP contribution >= 0.6 is 0 Å². The summed E-state index contributed by atoms with van der Waals surface area (Å²) in [5.41, 5.74) is 0. The van der Waals surface area contributed by atoms with Gasteiger partial charge < -0.3 is 9.47 Å². The summed E-state index contributed by atoms with van der Waals surface area (Å²) in [6.45, 7) is 8.97. The lowest BCUT2D eigenvalue weighted by Gasteiger charge is -2.27. The van der Waals surface area contributed by atoms with Crippen LogP contribution in [0.1, 0.15) is 240 Å². The summed E-state index contributed by atoms with van der Waals surface area (Å²) in [5.74, 6) is -0.203. The van der Waals surface area contributed by atoms with E-state index < -0.39 is 0 Å². The van der Waals surface area contributed by atoms with Crippen molar-refractivity contribution in [2.45, 2.75) is 252 Å². The molecule has 4 nitrogen and oxygen atoms in total. The fourth-order valence-electron chi connectivity index (χ4n) is 6.33. The molecule has 0 bridgehead atoms. The molecule has 0 amide bonds. The van der Waals surface area contributed by atoms with Gasteiger partial charge in [-0.05, 0) is 38.5 Å². The molecule has 0 saturated heterocycles. The van der Waals surface area contributed by atoms with E-state index >= 15 is 0 Å². The van der Waals surface area contributed by atoms with E-state index in [4.69, 9.17) is 9.47 Å². The van der Waals surface area contributed by atoms with Crippen molar-refractivity contribution in [2.24, 2.45) is 0 Å². The van der Waals surface area contributed by atoms with Crippen LogP contribution in [0.3, 0.4) is 0 Å². The molecule has 0 aliphatic carbocycles. The molecule has 45 heavy (non-hydrogen) atoms. The smallest absolute Gasteiger partial charge is 0.306 e. The zero-order chi connectivity index (χ0) is 33.1. The molecule has 0 aliphatic rings. The summed E-state index contributed by atoms with van der Waals surface area (Å²) in [4.78, 5) is 25.9. The lowest BCUT2D eigenvalue weighted by Crippen LogP contribution is -2.35. The van der Waals surface area contributed by atoms with Gasteiger partial charge in [-0.2, -0.15) is 0 Å². The van der Waals surface area contributed by atoms with E-state index in [0.717, 1.165) is 64.2 Å². The van der Waals surface area contributed by atoms with Crippen molar-refractivity contribution in [1.29, 1.82) is 0 Å². The maximum atomic E-state index is 13.0. The van der Waals surface area contributed by atoms with Gasteiger partial charge in [-0.1, -0.05) is 188 Å². The molecule has 0 spiro atoms. The van der Waals surface area contributed by atoms with Crippen molar-refractivity contribution in [1.82, 2.24) is 0 Å². The molecule has 268 valence electrons. The van der Waals surface area contributed by atoms with Gasteiger partial charge in [0.25, 0.3) is 0 Å². The average molecular weight is 637 g/mol. The van der Waals surface area contributed by atoms with Crippen molar-refractivity contribution in [2.75, 3.05) is 0 Å². The number of unbranched alkanes of at least 4 members (excludes halogenated alkanes) is 25. The second-order valence-electron chi connectivity index (χ2n) is 14.0. The summed E-state index contributed by atoms with van der Waals surface area (Å²) < 4.78 is 12.3. The van der Waals surface area contributed by atoms with Gasteiger partial charge in [0, 0.05) is 12.8 Å². The van der Waals surface area contributed by atoms with Crippen molar-refractivity contribution < 1.29 is 19.1 Å². The Balaban J connectivity index is 4.67. The number of ether oxygens (including phenoxy) is 2. The fourth-order valence-corrected chi connectivity index (χ4v) is 6.33. The zero-order valence-corrected chi connectivity index (χ0v) is 31.1. The third-order valence-electron chi connectivity index (χ3n) is 9.38. The van der Waals surface area contributed by atoms with Crippen LogP contribution in [0.25, 0.3) is 0 Å². The Labute approximate surface area is 282 Å². The molecule has 0 fully saturated rings. The second kappa shape index (κ2) is 35.8. The zero-order valence-electron chi connectivity index (χ0n) is 31.1. The molecular formula is C41H80O4. The van der Waals surface area contributed by atoms with E-state index in [1.54, 1.807) is 0 Å². The first-order valence-electron chi connectivity index (χ1n) is 20.5. The minimum atomic E-state index is -0.305. The molecule has 2 atom stereocenters. The van der Waals surface area contributed by atoms with Crippen LogP contribution in [0.4, 0.5) is 0 Å². The van der Waals surface area contributed by atoms with Crippen molar-refractivity contribution >= 4 is 11.9 Å². The molecule has 0 saturated carbocycles. The Kier molecular flexibility index (Phi) is 34.9. The summed E-state index contributed by atoms with van der Waals surface area (Å²) in [6.07, 6.45) is 37.5. The van der Waals surface area contributed by atoms with Crippen LogP contribution in [0.5, 0.6) is 0 Å². The summed E-state index contributed by atoms with van der Waals surface area (Å²) in [6, 6.07) is 0. The first-order valence-corrected chi connectivity index (χ1v) is 20.5. The first-order chi connectivity index (χ1) is 22.1. The Morgan fingerprint density at radius 1 is 0.333 bits per heavy atom. The van der Waals surface area contributed by atoms with Gasteiger partial charge in [0.2, 0.25) is 0 Å². The molecular weight excluding hydrogens is 556 g/mol. The average Bonchev–Trinajstić information content (AvgIpc) is 3.03. The maximum Gasteiger partial charge on any atom is 0.306 e. The van der Waals surface area contributed by atoms with Gasteiger partial charge in [0.05, 0.1) is 0 Å². The highest BCUT2D eigenvalue weighted by molar-refractivity contribution is 5.70. The first kappa shape index (κ1) is 43.9. The molecule has 0 rings (SSSR count). The molecule has 0 aromatic rings. The van der Waals surface area contributed by atoms with Gasteiger partial charge in [-0.3, -0.25) is 9.59 Å². The highest BCUT2D eigenvalue weighted by atomic mass is 16.6. The van der Waals surface area contributed by atoms with Crippen LogP contribution in [0.2, 0.25) is 0 Å². The van der Waals surface area contributed by atoms with Crippen molar-refractivity contribution in [3.8, 4) is 0 Å². The van der Waals surface area contributed by atoms with Crippen LogP contribution in [0, 0.1) is 0 Å². The number of esters is 2. The highest BCUT2D eigenvalue weighted by Gasteiger charge is 2.28. The van der Waals surface area contributed by atoms with E-state index in [2.05, 4.69) is 27.7 Å². The third kappa shape index (κ3) is 31.3. The number of carbonyl (C=O) groups is 2. The van der Waals surface area contributed by atoms with Crippen LogP contribution in [-0.4, -0.2) is 24.1 Å². The van der Waals surface area contributed by atoms with E-state index in [1.165, 1.54) is 135 Å². The topological polar surface area (TPSA) is 52.6 Å². The van der Waals surface area contributed by atoms with Crippen LogP contribution < -0.4 is 0 Å². The largest absolute Gasteiger partial charge is 0.458 e. The molecule has 0 heterocycles. The molecule has 0 N–H and O–H groups in total. The van der Waals surface area contributed by atoms with Crippen LogP contribution in [-0.2, 0) is 19.1 Å². The van der Waals surface area contributed by atoms with Gasteiger partial charge >= 0.3 is 11.9 Å². The van der Waals surface area contributed by atoms with Crippen molar-refractivity contribution in [3.63, 3.8) is 0 Å². The van der Waals surface area contributed by atoms with E-state index in [1.807, 2.05) is 0 Å². The maximum absolute atomic E-state index is 13.0. The summed E-state index contributed by atoms with van der Waals surface area (Å²) in [7, 11) is 0. The molecule has 4 heteroatoms. The molecule has 0 aliphatic heterocycles. The molecule has 0 aromatic heterocycles. The van der Waals surface area contributed by atoms with E-state index in [-0.39, 0.29) is 24.1 Å². The Bertz CT molecular complexity index is 619. The van der Waals surface area contributed by atoms with E-state index in [9.17, 15) is 9.59 Å². The fraction of sp³-hybridized carbons (Fsp3) is 0.951. The Morgan fingerprint density at radius 2 is 0.556 bits per heavy atom. The predicted octanol–water partition coefficient (Wildman–Crippen LogP) is 13.8. The lowest BCUT2D eigenvalue weighted by atomic mass is 9.99. The number of hydrogen-bond acceptors (Lipinski definition) is 4. The quantitative estimate of drug-likeness (QED) is 0.0507. The highest BCUT2D eigenvalue weighted by Crippen LogP contribution is 2.22. The third-order valence-corrected chi connectivity index (χ3v) is 9.38. The van der Waals surface area contributed by atoms with Crippen LogP contribution in [0.15, 0.2) is 0 Å².